The maximum atomic E-state index is 12.6. The van der Waals surface area contributed by atoms with E-state index in [1.807, 2.05) is 0 Å². The smallest absolute Gasteiger partial charge is 0.306 e. The second kappa shape index (κ2) is 45.5. The Labute approximate surface area is 355 Å². The Morgan fingerprint density at radius 2 is 0.579 bits per heavy atom. The van der Waals surface area contributed by atoms with Gasteiger partial charge in [-0.25, -0.2) is 0 Å². The van der Waals surface area contributed by atoms with Crippen molar-refractivity contribution in [1.29, 1.82) is 0 Å². The first-order valence-corrected chi connectivity index (χ1v) is 25.4. The lowest BCUT2D eigenvalue weighted by molar-refractivity contribution is -0.167. The van der Waals surface area contributed by atoms with Gasteiger partial charge in [-0.3, -0.25) is 14.4 Å². The van der Waals surface area contributed by atoms with Crippen LogP contribution in [-0.2, 0) is 28.6 Å². The standard InChI is InChI=1S/C51H98O6/c1-5-7-9-11-13-14-15-16-21-24-27-31-34-38-42-49(52)55-45-48(57-51(54)44-40-36-29-12-10-8-6-2)46-56-50(53)43-39-35-32-28-25-22-19-17-18-20-23-26-30-33-37-41-47(3)4/h47-48H,5-46H2,1-4H3/t48-/m1/s1. The van der Waals surface area contributed by atoms with Crippen LogP contribution in [0.2, 0.25) is 0 Å². The summed E-state index contributed by atoms with van der Waals surface area (Å²) in [6.45, 7) is 9.00. The third kappa shape index (κ3) is 45.3. The van der Waals surface area contributed by atoms with Crippen LogP contribution in [0.25, 0.3) is 0 Å². The molecule has 0 N–H and O–H groups in total. The van der Waals surface area contributed by atoms with Crippen molar-refractivity contribution >= 4 is 17.9 Å². The van der Waals surface area contributed by atoms with E-state index in [1.165, 1.54) is 180 Å². The molecule has 0 unspecified atom stereocenters. The summed E-state index contributed by atoms with van der Waals surface area (Å²) >= 11 is 0. The number of unbranched alkanes of at least 4 members (excludes halogenated alkanes) is 33. The zero-order chi connectivity index (χ0) is 41.7. The van der Waals surface area contributed by atoms with Gasteiger partial charge in [-0.2, -0.15) is 0 Å². The Balaban J connectivity index is 4.15. The molecule has 0 rings (SSSR count). The van der Waals surface area contributed by atoms with E-state index in [0.29, 0.717) is 19.3 Å². The molecule has 0 spiro atoms. The molecular formula is C51H98O6. The molecule has 0 radical (unpaired) electrons. The molecule has 6 heteroatoms. The van der Waals surface area contributed by atoms with Crippen molar-refractivity contribution in [3.05, 3.63) is 0 Å². The summed E-state index contributed by atoms with van der Waals surface area (Å²) in [7, 11) is 0. The predicted octanol–water partition coefficient (Wildman–Crippen LogP) is 16.3. The zero-order valence-corrected chi connectivity index (χ0v) is 38.8. The summed E-state index contributed by atoms with van der Waals surface area (Å²) in [6, 6.07) is 0. The normalized spacial score (nSPS) is 11.9. The lowest BCUT2D eigenvalue weighted by Crippen LogP contribution is -2.30. The Bertz CT molecular complexity index is 857. The van der Waals surface area contributed by atoms with Crippen LogP contribution in [0, 0.1) is 5.92 Å². The molecule has 57 heavy (non-hydrogen) atoms. The van der Waals surface area contributed by atoms with E-state index in [4.69, 9.17) is 14.2 Å². The monoisotopic (exact) mass is 807 g/mol. The highest BCUT2D eigenvalue weighted by molar-refractivity contribution is 5.71. The fourth-order valence-electron chi connectivity index (χ4n) is 7.69. The molecule has 0 aromatic rings. The number of esters is 3. The van der Waals surface area contributed by atoms with Crippen molar-refractivity contribution in [2.75, 3.05) is 13.2 Å². The third-order valence-electron chi connectivity index (χ3n) is 11.5. The number of hydrogen-bond acceptors (Lipinski definition) is 6. The first-order chi connectivity index (χ1) is 27.9. The van der Waals surface area contributed by atoms with Crippen molar-refractivity contribution in [1.82, 2.24) is 0 Å². The topological polar surface area (TPSA) is 78.9 Å². The predicted molar refractivity (Wildman–Crippen MR) is 243 cm³/mol. The van der Waals surface area contributed by atoms with Gasteiger partial charge in [0, 0.05) is 19.3 Å². The highest BCUT2D eigenvalue weighted by Gasteiger charge is 2.19. The van der Waals surface area contributed by atoms with E-state index in [0.717, 1.165) is 63.7 Å². The van der Waals surface area contributed by atoms with Crippen LogP contribution in [0.1, 0.15) is 285 Å². The zero-order valence-electron chi connectivity index (χ0n) is 38.8. The quantitative estimate of drug-likeness (QED) is 0.0346. The van der Waals surface area contributed by atoms with Gasteiger partial charge in [0.25, 0.3) is 0 Å². The van der Waals surface area contributed by atoms with Crippen LogP contribution in [0.5, 0.6) is 0 Å². The number of carbonyl (C=O) groups is 3. The van der Waals surface area contributed by atoms with Crippen LogP contribution in [0.4, 0.5) is 0 Å². The molecule has 338 valence electrons. The van der Waals surface area contributed by atoms with Gasteiger partial charge in [-0.1, -0.05) is 246 Å². The SMILES string of the molecule is CCCCCCCCCCCCCCCCC(=O)OC[C@H](COC(=O)CCCCCCCCCCCCCCCCCC(C)C)OC(=O)CCCCCCCCC. The van der Waals surface area contributed by atoms with Gasteiger partial charge in [0.1, 0.15) is 13.2 Å². The largest absolute Gasteiger partial charge is 0.462 e. The molecule has 0 aliphatic heterocycles. The molecular weight excluding hydrogens is 709 g/mol. The van der Waals surface area contributed by atoms with Gasteiger partial charge in [-0.05, 0) is 25.2 Å². The lowest BCUT2D eigenvalue weighted by atomic mass is 10.0. The van der Waals surface area contributed by atoms with E-state index < -0.39 is 6.10 Å². The Morgan fingerprint density at radius 3 is 0.860 bits per heavy atom. The van der Waals surface area contributed by atoms with Crippen LogP contribution >= 0.6 is 0 Å². The molecule has 0 aromatic carbocycles. The van der Waals surface area contributed by atoms with E-state index in [1.54, 1.807) is 0 Å². The Kier molecular flexibility index (Phi) is 44.2. The average molecular weight is 807 g/mol. The summed E-state index contributed by atoms with van der Waals surface area (Å²) in [5, 5.41) is 0. The number of carbonyl (C=O) groups excluding carboxylic acids is 3. The molecule has 6 nitrogen and oxygen atoms in total. The van der Waals surface area contributed by atoms with Gasteiger partial charge in [-0.15, -0.1) is 0 Å². The van der Waals surface area contributed by atoms with Crippen LogP contribution in [0.3, 0.4) is 0 Å². The molecule has 0 bridgehead atoms. The van der Waals surface area contributed by atoms with Crippen LogP contribution in [0.15, 0.2) is 0 Å². The van der Waals surface area contributed by atoms with Gasteiger partial charge >= 0.3 is 17.9 Å². The minimum absolute atomic E-state index is 0.0634. The molecule has 0 aliphatic carbocycles. The molecule has 1 atom stereocenters. The minimum atomic E-state index is -0.758. The molecule has 0 aliphatic rings. The maximum Gasteiger partial charge on any atom is 0.306 e. The second-order valence-corrected chi connectivity index (χ2v) is 17.9. The minimum Gasteiger partial charge on any atom is -0.462 e. The molecule has 0 saturated heterocycles. The maximum absolute atomic E-state index is 12.6. The summed E-state index contributed by atoms with van der Waals surface area (Å²) < 4.78 is 16.7. The number of hydrogen-bond donors (Lipinski definition) is 0. The first-order valence-electron chi connectivity index (χ1n) is 25.4. The summed E-state index contributed by atoms with van der Waals surface area (Å²) in [6.07, 6.45) is 46.7. The van der Waals surface area contributed by atoms with Gasteiger partial charge in [0.05, 0.1) is 0 Å². The van der Waals surface area contributed by atoms with Gasteiger partial charge in [0.15, 0.2) is 6.10 Å². The van der Waals surface area contributed by atoms with Crippen molar-refractivity contribution in [2.24, 2.45) is 5.92 Å². The summed E-state index contributed by atoms with van der Waals surface area (Å²) in [4.78, 5) is 37.7. The molecule has 0 amide bonds. The van der Waals surface area contributed by atoms with Crippen molar-refractivity contribution in [2.45, 2.75) is 291 Å². The van der Waals surface area contributed by atoms with Gasteiger partial charge in [0.2, 0.25) is 0 Å². The molecule has 0 fully saturated rings. The fraction of sp³-hybridized carbons (Fsp3) is 0.941. The van der Waals surface area contributed by atoms with Gasteiger partial charge < -0.3 is 14.2 Å². The molecule has 0 saturated carbocycles. The average Bonchev–Trinajstić information content (AvgIpc) is 3.19. The second-order valence-electron chi connectivity index (χ2n) is 17.9. The molecule has 0 aromatic heterocycles. The fourth-order valence-corrected chi connectivity index (χ4v) is 7.69. The van der Waals surface area contributed by atoms with E-state index in [2.05, 4.69) is 27.7 Å². The number of ether oxygens (including phenoxy) is 3. The lowest BCUT2D eigenvalue weighted by Gasteiger charge is -2.18. The number of rotatable bonds is 46. The molecule has 0 heterocycles. The third-order valence-corrected chi connectivity index (χ3v) is 11.5. The Hall–Kier alpha value is -1.59. The Morgan fingerprint density at radius 1 is 0.333 bits per heavy atom. The highest BCUT2D eigenvalue weighted by atomic mass is 16.6. The highest BCUT2D eigenvalue weighted by Crippen LogP contribution is 2.17. The van der Waals surface area contributed by atoms with Crippen LogP contribution in [-0.4, -0.2) is 37.2 Å². The van der Waals surface area contributed by atoms with E-state index >= 15 is 0 Å². The van der Waals surface area contributed by atoms with Crippen molar-refractivity contribution < 1.29 is 28.6 Å². The first kappa shape index (κ1) is 55.4. The van der Waals surface area contributed by atoms with Crippen molar-refractivity contribution in [3.63, 3.8) is 0 Å². The summed E-state index contributed by atoms with van der Waals surface area (Å²) in [5.74, 6) is -0.00343. The van der Waals surface area contributed by atoms with E-state index in [9.17, 15) is 14.4 Å². The van der Waals surface area contributed by atoms with Crippen LogP contribution < -0.4 is 0 Å². The summed E-state index contributed by atoms with van der Waals surface area (Å²) in [5.41, 5.74) is 0. The van der Waals surface area contributed by atoms with Crippen molar-refractivity contribution in [3.8, 4) is 0 Å². The van der Waals surface area contributed by atoms with E-state index in [-0.39, 0.29) is 31.1 Å².